The average molecular weight is 295 g/mol. The maximum atomic E-state index is 9.13. The molecule has 4 N–H and O–H groups in total. The van der Waals surface area contributed by atoms with Gasteiger partial charge in [0.25, 0.3) is 0 Å². The van der Waals surface area contributed by atoms with Gasteiger partial charge in [-0.25, -0.2) is 15.8 Å². The van der Waals surface area contributed by atoms with Crippen LogP contribution in [0.4, 0.5) is 5.82 Å². The van der Waals surface area contributed by atoms with Gasteiger partial charge in [-0.2, -0.15) is 5.10 Å². The van der Waals surface area contributed by atoms with Crippen LogP contribution >= 0.6 is 0 Å². The van der Waals surface area contributed by atoms with Gasteiger partial charge in [-0.3, -0.25) is 9.58 Å². The van der Waals surface area contributed by atoms with Crippen molar-refractivity contribution in [3.63, 3.8) is 0 Å². The van der Waals surface area contributed by atoms with E-state index in [4.69, 9.17) is 15.7 Å². The molecule has 0 saturated carbocycles. The fraction of sp³-hybridized carbons (Fsp3) is 0.583. The van der Waals surface area contributed by atoms with Crippen LogP contribution in [-0.2, 0) is 18.3 Å². The number of ether oxygens (including phenoxy) is 1. The van der Waals surface area contributed by atoms with Gasteiger partial charge in [0.1, 0.15) is 5.82 Å². The molecule has 0 spiro atoms. The van der Waals surface area contributed by atoms with E-state index < -0.39 is 0 Å². The highest BCUT2D eigenvalue weighted by molar-refractivity contribution is 5.86. The number of aliphatic hydroxyl groups is 1. The number of aliphatic hydroxyl groups excluding tert-OH is 1. The SMILES string of the molecule is COCCN(CCO)Cc1nc(NN)c2cnn(C)c2n1. The van der Waals surface area contributed by atoms with Gasteiger partial charge in [-0.15, -0.1) is 0 Å². The quantitative estimate of drug-likeness (QED) is 0.423. The summed E-state index contributed by atoms with van der Waals surface area (Å²) in [6, 6.07) is 0. The lowest BCUT2D eigenvalue weighted by Gasteiger charge is -2.20. The first-order valence-corrected chi connectivity index (χ1v) is 6.67. The second kappa shape index (κ2) is 7.27. The molecule has 0 bridgehead atoms. The Balaban J connectivity index is 2.25. The number of methoxy groups -OCH3 is 1. The van der Waals surface area contributed by atoms with Crippen LogP contribution in [0.25, 0.3) is 11.0 Å². The second-order valence-electron chi connectivity index (χ2n) is 4.63. The van der Waals surface area contributed by atoms with Gasteiger partial charge < -0.3 is 15.3 Å². The molecular weight excluding hydrogens is 274 g/mol. The highest BCUT2D eigenvalue weighted by atomic mass is 16.5. The van der Waals surface area contributed by atoms with Crippen molar-refractivity contribution in [2.24, 2.45) is 12.9 Å². The Hall–Kier alpha value is -1.81. The second-order valence-corrected chi connectivity index (χ2v) is 4.63. The number of anilines is 1. The molecule has 0 amide bonds. The maximum Gasteiger partial charge on any atom is 0.163 e. The molecular formula is C12H21N7O2. The highest BCUT2D eigenvalue weighted by Gasteiger charge is 2.13. The first-order chi connectivity index (χ1) is 10.2. The van der Waals surface area contributed by atoms with Gasteiger partial charge in [0.2, 0.25) is 0 Å². The van der Waals surface area contributed by atoms with Gasteiger partial charge >= 0.3 is 0 Å². The summed E-state index contributed by atoms with van der Waals surface area (Å²) in [7, 11) is 3.46. The topological polar surface area (TPSA) is 114 Å². The van der Waals surface area contributed by atoms with Gasteiger partial charge in [0, 0.05) is 27.2 Å². The molecule has 2 aromatic rings. The van der Waals surface area contributed by atoms with E-state index in [2.05, 4.69) is 20.5 Å². The molecule has 2 heterocycles. The van der Waals surface area contributed by atoms with Crippen LogP contribution in [0.15, 0.2) is 6.20 Å². The molecule has 2 aromatic heterocycles. The normalized spacial score (nSPS) is 11.5. The minimum absolute atomic E-state index is 0.0691. The fourth-order valence-electron chi connectivity index (χ4n) is 2.08. The van der Waals surface area contributed by atoms with Crippen molar-refractivity contribution in [3.8, 4) is 0 Å². The number of fused-ring (bicyclic) bond motifs is 1. The number of hydrazine groups is 1. The van der Waals surface area contributed by atoms with Crippen LogP contribution in [0.3, 0.4) is 0 Å². The number of rotatable bonds is 8. The van der Waals surface area contributed by atoms with E-state index in [1.807, 2.05) is 11.9 Å². The van der Waals surface area contributed by atoms with E-state index in [-0.39, 0.29) is 6.61 Å². The van der Waals surface area contributed by atoms with Crippen LogP contribution in [0.1, 0.15) is 5.82 Å². The van der Waals surface area contributed by atoms with E-state index in [1.165, 1.54) is 0 Å². The van der Waals surface area contributed by atoms with E-state index in [9.17, 15) is 0 Å². The molecule has 21 heavy (non-hydrogen) atoms. The molecule has 0 aromatic carbocycles. The lowest BCUT2D eigenvalue weighted by Crippen LogP contribution is -2.30. The summed E-state index contributed by atoms with van der Waals surface area (Å²) in [6.45, 7) is 2.37. The Morgan fingerprint density at radius 1 is 1.43 bits per heavy atom. The summed E-state index contributed by atoms with van der Waals surface area (Å²) in [5.74, 6) is 6.67. The Labute approximate surface area is 122 Å². The summed E-state index contributed by atoms with van der Waals surface area (Å²) in [5, 5.41) is 14.1. The van der Waals surface area contributed by atoms with Crippen LogP contribution in [0.5, 0.6) is 0 Å². The Morgan fingerprint density at radius 3 is 2.90 bits per heavy atom. The van der Waals surface area contributed by atoms with E-state index in [0.717, 1.165) is 5.39 Å². The summed E-state index contributed by atoms with van der Waals surface area (Å²) in [6.07, 6.45) is 1.67. The fourth-order valence-corrected chi connectivity index (χ4v) is 2.08. The first kappa shape index (κ1) is 15.6. The third kappa shape index (κ3) is 3.64. The predicted octanol–water partition coefficient (Wildman–Crippen LogP) is -0.910. The van der Waals surface area contributed by atoms with Crippen molar-refractivity contribution in [2.75, 3.05) is 38.8 Å². The number of nitrogens with one attached hydrogen (secondary N) is 1. The number of hydrogen-bond acceptors (Lipinski definition) is 8. The lowest BCUT2D eigenvalue weighted by atomic mass is 10.3. The zero-order valence-corrected chi connectivity index (χ0v) is 12.3. The number of aryl methyl sites for hydroxylation is 1. The van der Waals surface area contributed by atoms with Gasteiger partial charge in [-0.05, 0) is 0 Å². The van der Waals surface area contributed by atoms with Gasteiger partial charge in [0.05, 0.1) is 31.3 Å². The molecule has 2 rings (SSSR count). The Kier molecular flexibility index (Phi) is 5.39. The smallest absolute Gasteiger partial charge is 0.163 e. The van der Waals surface area contributed by atoms with Crippen molar-refractivity contribution >= 4 is 16.9 Å². The summed E-state index contributed by atoms with van der Waals surface area (Å²) < 4.78 is 6.74. The molecule has 0 fully saturated rings. The number of nitrogen functional groups attached to an aromatic ring is 1. The molecule has 0 saturated heterocycles. The number of nitrogens with zero attached hydrogens (tertiary/aromatic N) is 5. The first-order valence-electron chi connectivity index (χ1n) is 6.67. The minimum Gasteiger partial charge on any atom is -0.395 e. The van der Waals surface area contributed by atoms with Crippen LogP contribution < -0.4 is 11.3 Å². The third-order valence-corrected chi connectivity index (χ3v) is 3.17. The van der Waals surface area contributed by atoms with Gasteiger partial charge in [-0.1, -0.05) is 0 Å². The largest absolute Gasteiger partial charge is 0.395 e. The Morgan fingerprint density at radius 2 is 2.24 bits per heavy atom. The van der Waals surface area contributed by atoms with Gasteiger partial charge in [0.15, 0.2) is 11.5 Å². The van der Waals surface area contributed by atoms with E-state index >= 15 is 0 Å². The van der Waals surface area contributed by atoms with Crippen molar-refractivity contribution in [2.45, 2.75) is 6.54 Å². The zero-order valence-electron chi connectivity index (χ0n) is 12.3. The summed E-state index contributed by atoms with van der Waals surface area (Å²) in [5.41, 5.74) is 3.29. The Bertz CT molecular complexity index is 586. The number of nitrogens with two attached hydrogens (primary N) is 1. The van der Waals surface area contributed by atoms with Crippen LogP contribution in [-0.4, -0.2) is 63.2 Å². The lowest BCUT2D eigenvalue weighted by molar-refractivity contribution is 0.125. The van der Waals surface area contributed by atoms with Crippen molar-refractivity contribution in [1.82, 2.24) is 24.6 Å². The monoisotopic (exact) mass is 295 g/mol. The summed E-state index contributed by atoms with van der Waals surface area (Å²) in [4.78, 5) is 10.9. The molecule has 9 heteroatoms. The van der Waals surface area contributed by atoms with E-state index in [0.29, 0.717) is 43.5 Å². The molecule has 0 radical (unpaired) electrons. The van der Waals surface area contributed by atoms with E-state index in [1.54, 1.807) is 18.0 Å². The molecule has 0 atom stereocenters. The third-order valence-electron chi connectivity index (χ3n) is 3.17. The van der Waals surface area contributed by atoms with Crippen molar-refractivity contribution in [1.29, 1.82) is 0 Å². The molecule has 0 aliphatic heterocycles. The molecule has 0 aliphatic carbocycles. The molecule has 9 nitrogen and oxygen atoms in total. The molecule has 116 valence electrons. The molecule has 0 aliphatic rings. The van der Waals surface area contributed by atoms with Crippen LogP contribution in [0.2, 0.25) is 0 Å². The highest BCUT2D eigenvalue weighted by Crippen LogP contribution is 2.19. The zero-order chi connectivity index (χ0) is 15.2. The maximum absolute atomic E-state index is 9.13. The molecule has 0 unspecified atom stereocenters. The number of aromatic nitrogens is 4. The standard InChI is InChI=1S/C12H21N7O2/c1-18-12-9(7-14-18)11(17-13)15-10(16-12)8-19(3-5-20)4-6-21-2/h7,20H,3-6,8,13H2,1-2H3,(H,15,16,17). The number of hydrogen-bond donors (Lipinski definition) is 3. The van der Waals surface area contributed by atoms with Crippen molar-refractivity contribution < 1.29 is 9.84 Å². The average Bonchev–Trinajstić information content (AvgIpc) is 2.86. The predicted molar refractivity (Wildman–Crippen MR) is 78.4 cm³/mol. The summed E-state index contributed by atoms with van der Waals surface area (Å²) >= 11 is 0. The van der Waals surface area contributed by atoms with Crippen molar-refractivity contribution in [3.05, 3.63) is 12.0 Å². The van der Waals surface area contributed by atoms with Crippen LogP contribution in [0, 0.1) is 0 Å². The minimum atomic E-state index is 0.0691.